The summed E-state index contributed by atoms with van der Waals surface area (Å²) in [6, 6.07) is -0.544. The summed E-state index contributed by atoms with van der Waals surface area (Å²) in [7, 11) is 0. The van der Waals surface area contributed by atoms with E-state index < -0.39 is 12.1 Å². The molecule has 0 bridgehead atoms. The van der Waals surface area contributed by atoms with Crippen molar-refractivity contribution in [3.8, 4) is 0 Å². The fourth-order valence-electron chi connectivity index (χ4n) is 7.87. The highest BCUT2D eigenvalue weighted by Gasteiger charge is 2.20. The Hall–Kier alpha value is -1.92. The highest BCUT2D eigenvalue weighted by Crippen LogP contribution is 2.16. The zero-order valence-electron chi connectivity index (χ0n) is 39.9. The average molecular weight is 844 g/mol. The average Bonchev–Trinajstić information content (AvgIpc) is 3.25. The molecule has 60 heavy (non-hydrogen) atoms. The minimum atomic E-state index is -0.666. The quantitative estimate of drug-likeness (QED) is 0.0322. The molecule has 0 fully saturated rings. The maximum Gasteiger partial charge on any atom is 0.305 e. The number of carbonyl (C=O) groups is 2. The number of aliphatic hydroxyl groups excluding tert-OH is 2. The van der Waals surface area contributed by atoms with Gasteiger partial charge in [0.2, 0.25) is 5.91 Å². The summed E-state index contributed by atoms with van der Waals surface area (Å²) in [5, 5.41) is 23.1. The van der Waals surface area contributed by atoms with Gasteiger partial charge in [-0.15, -0.1) is 0 Å². The monoisotopic (exact) mass is 844 g/mol. The first-order valence-corrected chi connectivity index (χ1v) is 26.2. The summed E-state index contributed by atoms with van der Waals surface area (Å²) in [6.45, 7) is 4.79. The highest BCUT2D eigenvalue weighted by atomic mass is 16.5. The molecule has 0 aromatic carbocycles. The number of aliphatic hydroxyl groups is 2. The molecule has 0 rings (SSSR count). The molecule has 0 aliphatic rings. The van der Waals surface area contributed by atoms with Crippen LogP contribution in [0.15, 0.2) is 36.5 Å². The van der Waals surface area contributed by atoms with E-state index in [1.54, 1.807) is 0 Å². The molecule has 2 atom stereocenters. The second kappa shape index (κ2) is 49.7. The lowest BCUT2D eigenvalue weighted by molar-refractivity contribution is -0.143. The van der Waals surface area contributed by atoms with Gasteiger partial charge < -0.3 is 20.3 Å². The van der Waals surface area contributed by atoms with Gasteiger partial charge in [0.15, 0.2) is 0 Å². The highest BCUT2D eigenvalue weighted by molar-refractivity contribution is 5.76. The van der Waals surface area contributed by atoms with Crippen LogP contribution in [0.2, 0.25) is 0 Å². The third-order valence-electron chi connectivity index (χ3n) is 11.9. The molecule has 0 aromatic rings. The van der Waals surface area contributed by atoms with Crippen LogP contribution in [0.1, 0.15) is 271 Å². The summed E-state index contributed by atoms with van der Waals surface area (Å²) in [4.78, 5) is 24.4. The molecule has 6 nitrogen and oxygen atoms in total. The van der Waals surface area contributed by atoms with Crippen molar-refractivity contribution in [2.45, 2.75) is 283 Å². The van der Waals surface area contributed by atoms with Crippen molar-refractivity contribution in [2.75, 3.05) is 13.2 Å². The van der Waals surface area contributed by atoms with Gasteiger partial charge in [-0.3, -0.25) is 9.59 Å². The lowest BCUT2D eigenvalue weighted by atomic mass is 10.0. The van der Waals surface area contributed by atoms with Crippen molar-refractivity contribution in [1.82, 2.24) is 5.32 Å². The lowest BCUT2D eigenvalue weighted by Gasteiger charge is -2.22. The molecular formula is C54H101NO5. The number of hydrogen-bond acceptors (Lipinski definition) is 5. The zero-order chi connectivity index (χ0) is 43.7. The van der Waals surface area contributed by atoms with Crippen molar-refractivity contribution in [1.29, 1.82) is 0 Å². The van der Waals surface area contributed by atoms with Gasteiger partial charge in [-0.1, -0.05) is 230 Å². The molecule has 0 heterocycles. The minimum absolute atomic E-state index is 0.0415. The molecular weight excluding hydrogens is 743 g/mol. The van der Waals surface area contributed by atoms with E-state index >= 15 is 0 Å². The van der Waals surface area contributed by atoms with Gasteiger partial charge in [0.1, 0.15) is 0 Å². The van der Waals surface area contributed by atoms with Crippen LogP contribution in [0.25, 0.3) is 0 Å². The molecule has 0 aliphatic heterocycles. The van der Waals surface area contributed by atoms with Crippen LogP contribution in [-0.4, -0.2) is 47.4 Å². The molecule has 0 aromatic heterocycles. The zero-order valence-corrected chi connectivity index (χ0v) is 39.9. The summed E-state index contributed by atoms with van der Waals surface area (Å²) in [5.74, 6) is -0.0884. The van der Waals surface area contributed by atoms with Gasteiger partial charge in [0.05, 0.1) is 25.4 Å². The van der Waals surface area contributed by atoms with Crippen molar-refractivity contribution in [2.24, 2.45) is 0 Å². The maximum absolute atomic E-state index is 12.4. The van der Waals surface area contributed by atoms with Crippen LogP contribution in [0, 0.1) is 0 Å². The lowest BCUT2D eigenvalue weighted by Crippen LogP contribution is -2.45. The Morgan fingerprint density at radius 2 is 0.850 bits per heavy atom. The Morgan fingerprint density at radius 3 is 1.33 bits per heavy atom. The van der Waals surface area contributed by atoms with Crippen molar-refractivity contribution in [3.63, 3.8) is 0 Å². The second-order valence-corrected chi connectivity index (χ2v) is 17.8. The molecule has 352 valence electrons. The summed E-state index contributed by atoms with van der Waals surface area (Å²) in [5.41, 5.74) is 0. The predicted octanol–water partition coefficient (Wildman–Crippen LogP) is 15.7. The van der Waals surface area contributed by atoms with E-state index in [4.69, 9.17) is 4.74 Å². The number of carbonyl (C=O) groups excluding carboxylic acids is 2. The van der Waals surface area contributed by atoms with Crippen LogP contribution >= 0.6 is 0 Å². The van der Waals surface area contributed by atoms with E-state index in [0.29, 0.717) is 25.9 Å². The van der Waals surface area contributed by atoms with Gasteiger partial charge in [-0.25, -0.2) is 0 Å². The molecule has 0 saturated carbocycles. The normalized spacial score (nSPS) is 12.9. The van der Waals surface area contributed by atoms with E-state index in [1.807, 2.05) is 0 Å². The number of ether oxygens (including phenoxy) is 1. The molecule has 3 N–H and O–H groups in total. The molecule has 6 heteroatoms. The molecule has 2 unspecified atom stereocenters. The van der Waals surface area contributed by atoms with Crippen molar-refractivity contribution in [3.05, 3.63) is 36.5 Å². The SMILES string of the molecule is CCCC/C=C\CCCCCCCC(=O)OCC/C=C\C/C=C\CCCCCCCCCCCCCCCCC(=O)NC(CO)C(O)CCCCCCCCCCCCC. The molecule has 0 spiro atoms. The number of nitrogens with one attached hydrogen (secondary N) is 1. The number of esters is 1. The Bertz CT molecular complexity index is 977. The van der Waals surface area contributed by atoms with E-state index in [2.05, 4.69) is 55.6 Å². The Balaban J connectivity index is 3.46. The van der Waals surface area contributed by atoms with Crippen LogP contribution < -0.4 is 5.32 Å². The maximum atomic E-state index is 12.4. The first kappa shape index (κ1) is 58.1. The first-order chi connectivity index (χ1) is 29.5. The fraction of sp³-hybridized carbons (Fsp3) is 0.852. The van der Waals surface area contributed by atoms with Crippen LogP contribution in [0.4, 0.5) is 0 Å². The Morgan fingerprint density at radius 1 is 0.467 bits per heavy atom. The van der Waals surface area contributed by atoms with Gasteiger partial charge in [-0.05, 0) is 64.2 Å². The summed E-state index contributed by atoms with van der Waals surface area (Å²) >= 11 is 0. The number of hydrogen-bond donors (Lipinski definition) is 3. The third-order valence-corrected chi connectivity index (χ3v) is 11.9. The summed E-state index contributed by atoms with van der Waals surface area (Å²) in [6.07, 6.45) is 60.0. The number of rotatable bonds is 48. The molecule has 0 aliphatic carbocycles. The van der Waals surface area contributed by atoms with Crippen LogP contribution in [0.5, 0.6) is 0 Å². The topological polar surface area (TPSA) is 95.9 Å². The number of allylic oxidation sites excluding steroid dienone is 5. The van der Waals surface area contributed by atoms with E-state index in [0.717, 1.165) is 51.4 Å². The van der Waals surface area contributed by atoms with Crippen molar-refractivity contribution < 1.29 is 24.5 Å². The predicted molar refractivity (Wildman–Crippen MR) is 259 cm³/mol. The summed E-state index contributed by atoms with van der Waals surface area (Å²) < 4.78 is 5.38. The molecule has 0 saturated heterocycles. The second-order valence-electron chi connectivity index (χ2n) is 17.8. The standard InChI is InChI=1S/C54H101NO5/c1-3-5-7-9-11-13-26-30-34-38-42-46-52(57)51(50-56)55-53(58)47-43-39-35-31-28-24-22-20-18-16-15-17-19-21-23-25-29-33-37-41-45-49-60-54(59)48-44-40-36-32-27-14-12-10-8-6-4-2/h10,12,25,29,37,41,51-52,56-57H,3-9,11,13-24,26-28,30-36,38-40,42-50H2,1-2H3,(H,55,58)/b12-10-,29-25-,41-37-. The molecule has 1 amide bonds. The van der Waals surface area contributed by atoms with Gasteiger partial charge in [0, 0.05) is 12.8 Å². The third kappa shape index (κ3) is 45.6. The Labute approximate surface area is 373 Å². The fourth-order valence-corrected chi connectivity index (χ4v) is 7.87. The smallest absolute Gasteiger partial charge is 0.305 e. The number of unbranched alkanes of at least 4 members (excludes halogenated alkanes) is 31. The van der Waals surface area contributed by atoms with Crippen LogP contribution in [0.3, 0.4) is 0 Å². The van der Waals surface area contributed by atoms with Gasteiger partial charge in [0.25, 0.3) is 0 Å². The van der Waals surface area contributed by atoms with Gasteiger partial charge in [-0.2, -0.15) is 0 Å². The Kier molecular flexibility index (Phi) is 48.1. The number of amides is 1. The minimum Gasteiger partial charge on any atom is -0.465 e. The van der Waals surface area contributed by atoms with Crippen molar-refractivity contribution >= 4 is 11.9 Å². The largest absolute Gasteiger partial charge is 0.465 e. The van der Waals surface area contributed by atoms with E-state index in [-0.39, 0.29) is 18.5 Å². The molecule has 0 radical (unpaired) electrons. The van der Waals surface area contributed by atoms with E-state index in [9.17, 15) is 19.8 Å². The van der Waals surface area contributed by atoms with Gasteiger partial charge >= 0.3 is 5.97 Å². The van der Waals surface area contributed by atoms with E-state index in [1.165, 1.54) is 186 Å². The first-order valence-electron chi connectivity index (χ1n) is 26.2. The van der Waals surface area contributed by atoms with Crippen LogP contribution in [-0.2, 0) is 14.3 Å².